The number of ether oxygens (including phenoxy) is 1. The Bertz CT molecular complexity index is 748. The molecule has 0 aliphatic rings. The number of methoxy groups -OCH3 is 1. The Balaban J connectivity index is 2.04. The fraction of sp³-hybridized carbons (Fsp3) is 0.154. The van der Waals surface area contributed by atoms with Gasteiger partial charge in [-0.05, 0) is 18.2 Å². The molecule has 2 heterocycles. The zero-order chi connectivity index (χ0) is 14.1. The van der Waals surface area contributed by atoms with E-state index in [1.54, 1.807) is 36.3 Å². The van der Waals surface area contributed by atoms with Gasteiger partial charge in [0.1, 0.15) is 17.2 Å². The lowest BCUT2D eigenvalue weighted by Crippen LogP contribution is -1.90. The Kier molecular flexibility index (Phi) is 2.86. The zero-order valence-electron chi connectivity index (χ0n) is 10.9. The zero-order valence-corrected chi connectivity index (χ0v) is 10.9. The molecule has 0 radical (unpaired) electrons. The van der Waals surface area contributed by atoms with Crippen LogP contribution in [0.5, 0.6) is 11.5 Å². The number of hydrogen-bond acceptors (Lipinski definition) is 6. The van der Waals surface area contributed by atoms with Crippen molar-refractivity contribution in [3.8, 4) is 34.5 Å². The number of aromatic hydroxyl groups is 1. The van der Waals surface area contributed by atoms with E-state index in [1.807, 2.05) is 7.05 Å². The van der Waals surface area contributed by atoms with Crippen LogP contribution >= 0.6 is 0 Å². The predicted octanol–water partition coefficient (Wildman–Crippen LogP) is 1.85. The van der Waals surface area contributed by atoms with E-state index in [9.17, 15) is 5.11 Å². The second kappa shape index (κ2) is 4.69. The van der Waals surface area contributed by atoms with Crippen LogP contribution < -0.4 is 4.74 Å². The number of hydrogen-bond donors (Lipinski definition) is 1. The summed E-state index contributed by atoms with van der Waals surface area (Å²) in [5.74, 6) is 1.27. The summed E-state index contributed by atoms with van der Waals surface area (Å²) in [6.07, 6.45) is 3.29. The molecule has 1 aromatic carbocycles. The quantitative estimate of drug-likeness (QED) is 0.783. The van der Waals surface area contributed by atoms with Crippen LogP contribution in [-0.4, -0.2) is 31.9 Å². The summed E-state index contributed by atoms with van der Waals surface area (Å²) in [5, 5.41) is 13.8. The molecule has 1 N–H and O–H groups in total. The SMILES string of the molecule is COc1ccc(O)c(-c2nc(-c3cncn3C)no2)c1. The average molecular weight is 272 g/mol. The van der Waals surface area contributed by atoms with E-state index in [-0.39, 0.29) is 11.6 Å². The summed E-state index contributed by atoms with van der Waals surface area (Å²) in [6.45, 7) is 0. The van der Waals surface area contributed by atoms with E-state index in [2.05, 4.69) is 15.1 Å². The highest BCUT2D eigenvalue weighted by Gasteiger charge is 2.16. The van der Waals surface area contributed by atoms with Crippen molar-refractivity contribution in [3.63, 3.8) is 0 Å². The van der Waals surface area contributed by atoms with E-state index in [0.29, 0.717) is 17.1 Å². The molecule has 0 spiro atoms. The standard InChI is InChI=1S/C13H12N4O3/c1-17-7-14-6-10(17)12-15-13(20-16-12)9-5-8(19-2)3-4-11(9)18/h3-7,18H,1-2H3. The minimum Gasteiger partial charge on any atom is -0.507 e. The smallest absolute Gasteiger partial charge is 0.262 e. The maximum absolute atomic E-state index is 9.88. The molecule has 0 saturated carbocycles. The van der Waals surface area contributed by atoms with Crippen LogP contribution in [0.1, 0.15) is 0 Å². The maximum atomic E-state index is 9.88. The van der Waals surface area contributed by atoms with Crippen LogP contribution in [-0.2, 0) is 7.05 Å². The van der Waals surface area contributed by atoms with Gasteiger partial charge in [-0.2, -0.15) is 4.98 Å². The Hall–Kier alpha value is -2.83. The predicted molar refractivity (Wildman–Crippen MR) is 70.2 cm³/mol. The van der Waals surface area contributed by atoms with E-state index < -0.39 is 0 Å². The third-order valence-corrected chi connectivity index (χ3v) is 2.91. The molecule has 3 aromatic rings. The fourth-order valence-corrected chi connectivity index (χ4v) is 1.82. The van der Waals surface area contributed by atoms with Crippen molar-refractivity contribution in [2.45, 2.75) is 0 Å². The van der Waals surface area contributed by atoms with Crippen LogP contribution in [0.4, 0.5) is 0 Å². The van der Waals surface area contributed by atoms with Gasteiger partial charge >= 0.3 is 0 Å². The highest BCUT2D eigenvalue weighted by Crippen LogP contribution is 2.32. The minimum absolute atomic E-state index is 0.0472. The van der Waals surface area contributed by atoms with Gasteiger partial charge in [-0.3, -0.25) is 0 Å². The van der Waals surface area contributed by atoms with E-state index in [0.717, 1.165) is 5.69 Å². The summed E-state index contributed by atoms with van der Waals surface area (Å²) < 4.78 is 12.1. The van der Waals surface area contributed by atoms with Crippen molar-refractivity contribution >= 4 is 0 Å². The van der Waals surface area contributed by atoms with Crippen molar-refractivity contribution in [2.24, 2.45) is 7.05 Å². The van der Waals surface area contributed by atoms with Crippen LogP contribution in [0.3, 0.4) is 0 Å². The van der Waals surface area contributed by atoms with Gasteiger partial charge in [0.05, 0.1) is 25.2 Å². The number of rotatable bonds is 3. The van der Waals surface area contributed by atoms with E-state index in [4.69, 9.17) is 9.26 Å². The van der Waals surface area contributed by atoms with Crippen molar-refractivity contribution in [3.05, 3.63) is 30.7 Å². The molecule has 7 nitrogen and oxygen atoms in total. The van der Waals surface area contributed by atoms with Gasteiger partial charge in [0.2, 0.25) is 5.82 Å². The third kappa shape index (κ3) is 1.99. The number of aromatic nitrogens is 4. The molecule has 0 saturated heterocycles. The molecule has 0 atom stereocenters. The molecular weight excluding hydrogens is 260 g/mol. The monoisotopic (exact) mass is 272 g/mol. The number of benzene rings is 1. The Morgan fingerprint density at radius 2 is 2.20 bits per heavy atom. The van der Waals surface area contributed by atoms with Gasteiger partial charge in [-0.1, -0.05) is 5.16 Å². The molecular formula is C13H12N4O3. The van der Waals surface area contributed by atoms with Crippen molar-refractivity contribution in [1.29, 1.82) is 0 Å². The Labute approximate surface area is 114 Å². The summed E-state index contributed by atoms with van der Waals surface area (Å²) in [5.41, 5.74) is 1.15. The number of nitrogens with zero attached hydrogens (tertiary/aromatic N) is 4. The molecule has 2 aromatic heterocycles. The molecule has 0 aliphatic heterocycles. The first-order chi connectivity index (χ1) is 9.69. The van der Waals surface area contributed by atoms with Crippen LogP contribution in [0.15, 0.2) is 35.2 Å². The minimum atomic E-state index is 0.0472. The van der Waals surface area contributed by atoms with Gasteiger partial charge in [0.15, 0.2) is 0 Å². The lowest BCUT2D eigenvalue weighted by atomic mass is 10.2. The molecule has 0 fully saturated rings. The van der Waals surface area contributed by atoms with E-state index >= 15 is 0 Å². The van der Waals surface area contributed by atoms with E-state index in [1.165, 1.54) is 6.07 Å². The van der Waals surface area contributed by atoms with Gasteiger partial charge in [-0.15, -0.1) is 0 Å². The first-order valence-electron chi connectivity index (χ1n) is 5.87. The fourth-order valence-electron chi connectivity index (χ4n) is 1.82. The van der Waals surface area contributed by atoms with Crippen LogP contribution in [0.25, 0.3) is 23.0 Å². The highest BCUT2D eigenvalue weighted by molar-refractivity contribution is 5.66. The molecule has 0 unspecified atom stereocenters. The number of imidazole rings is 1. The molecule has 102 valence electrons. The lowest BCUT2D eigenvalue weighted by Gasteiger charge is -2.02. The van der Waals surface area contributed by atoms with Gasteiger partial charge < -0.3 is 18.9 Å². The van der Waals surface area contributed by atoms with Gasteiger partial charge in [0, 0.05) is 7.05 Å². The normalized spacial score (nSPS) is 10.7. The molecule has 0 aliphatic carbocycles. The summed E-state index contributed by atoms with van der Waals surface area (Å²) >= 11 is 0. The largest absolute Gasteiger partial charge is 0.507 e. The topological polar surface area (TPSA) is 86.2 Å². The third-order valence-electron chi connectivity index (χ3n) is 2.91. The second-order valence-electron chi connectivity index (χ2n) is 4.20. The maximum Gasteiger partial charge on any atom is 0.262 e. The Morgan fingerprint density at radius 1 is 1.35 bits per heavy atom. The first-order valence-corrected chi connectivity index (χ1v) is 5.87. The number of aryl methyl sites for hydroxylation is 1. The van der Waals surface area contributed by atoms with Crippen molar-refractivity contribution in [1.82, 2.24) is 19.7 Å². The van der Waals surface area contributed by atoms with Crippen molar-refractivity contribution in [2.75, 3.05) is 7.11 Å². The molecule has 20 heavy (non-hydrogen) atoms. The molecule has 7 heteroatoms. The molecule has 0 amide bonds. The number of phenolic OH excluding ortho intramolecular Hbond substituents is 1. The average Bonchev–Trinajstić information content (AvgIpc) is 3.08. The lowest BCUT2D eigenvalue weighted by molar-refractivity contribution is 0.408. The van der Waals surface area contributed by atoms with Gasteiger partial charge in [0.25, 0.3) is 5.89 Å². The number of phenols is 1. The first kappa shape index (κ1) is 12.2. The molecule has 0 bridgehead atoms. The highest BCUT2D eigenvalue weighted by atomic mass is 16.5. The Morgan fingerprint density at radius 3 is 2.90 bits per heavy atom. The molecule has 3 rings (SSSR count). The van der Waals surface area contributed by atoms with Crippen LogP contribution in [0, 0.1) is 0 Å². The second-order valence-corrected chi connectivity index (χ2v) is 4.20. The van der Waals surface area contributed by atoms with Crippen molar-refractivity contribution < 1.29 is 14.4 Å². The van der Waals surface area contributed by atoms with Crippen LogP contribution in [0.2, 0.25) is 0 Å². The summed E-state index contributed by atoms with van der Waals surface area (Å²) in [7, 11) is 3.38. The van der Waals surface area contributed by atoms with Gasteiger partial charge in [-0.25, -0.2) is 4.98 Å². The summed E-state index contributed by atoms with van der Waals surface area (Å²) in [6, 6.07) is 4.80. The summed E-state index contributed by atoms with van der Waals surface area (Å²) in [4.78, 5) is 8.26.